The normalized spacial score (nSPS) is 29.2. The third-order valence-electron chi connectivity index (χ3n) is 9.47. The zero-order valence-electron chi connectivity index (χ0n) is 21.9. The zero-order valence-corrected chi connectivity index (χ0v) is 23.6. The van der Waals surface area contributed by atoms with Crippen molar-refractivity contribution >= 4 is 38.4 Å². The maximum absolute atomic E-state index is 14.0. The topological polar surface area (TPSA) is 106 Å². The van der Waals surface area contributed by atoms with E-state index in [4.69, 9.17) is 0 Å². The standard InChI is InChI=1S/C30H34O6S2/c1-29-16-15-24(30(29,2)19-38(34,35)36)27(28(29)33)37(17-25(31)21-10-4-3-5-11-21)18-26(32)23-14-8-12-20-9-6-7-13-22(20)23/h3-5,8,10-12,14,24,27H,6-7,9,13,15-19H2,1-2H3/p+1. The average molecular weight is 556 g/mol. The Morgan fingerprint density at radius 3 is 2.37 bits per heavy atom. The molecule has 5 rings (SSSR count). The Morgan fingerprint density at radius 2 is 1.66 bits per heavy atom. The predicted molar refractivity (Wildman–Crippen MR) is 149 cm³/mol. The van der Waals surface area contributed by atoms with Crippen molar-refractivity contribution in [3.8, 4) is 0 Å². The summed E-state index contributed by atoms with van der Waals surface area (Å²) < 4.78 is 33.9. The first-order valence-electron chi connectivity index (χ1n) is 13.3. The van der Waals surface area contributed by atoms with Crippen LogP contribution in [-0.4, -0.2) is 52.8 Å². The Bertz CT molecular complexity index is 1380. The van der Waals surface area contributed by atoms with Crippen LogP contribution in [0.15, 0.2) is 48.5 Å². The van der Waals surface area contributed by atoms with E-state index in [0.29, 0.717) is 24.0 Å². The molecule has 38 heavy (non-hydrogen) atoms. The minimum absolute atomic E-state index is 0.0508. The van der Waals surface area contributed by atoms with Crippen molar-refractivity contribution in [2.75, 3.05) is 17.3 Å². The van der Waals surface area contributed by atoms with Crippen molar-refractivity contribution in [3.05, 3.63) is 70.8 Å². The Balaban J connectivity index is 1.51. The molecule has 0 saturated heterocycles. The minimum atomic E-state index is -4.33. The Kier molecular flexibility index (Phi) is 7.20. The predicted octanol–water partition coefficient (Wildman–Crippen LogP) is 4.51. The van der Waals surface area contributed by atoms with Crippen LogP contribution >= 0.6 is 0 Å². The van der Waals surface area contributed by atoms with Gasteiger partial charge in [0, 0.05) is 38.8 Å². The molecule has 0 heterocycles. The van der Waals surface area contributed by atoms with Crippen molar-refractivity contribution in [2.45, 2.75) is 57.6 Å². The molecule has 8 heteroatoms. The Labute approximate surface area is 227 Å². The van der Waals surface area contributed by atoms with Crippen molar-refractivity contribution < 1.29 is 27.4 Å². The molecule has 2 aromatic carbocycles. The average Bonchev–Trinajstić information content (AvgIpc) is 3.21. The fourth-order valence-electron chi connectivity index (χ4n) is 7.27. The first-order valence-corrected chi connectivity index (χ1v) is 16.6. The van der Waals surface area contributed by atoms with E-state index in [0.717, 1.165) is 31.2 Å². The monoisotopic (exact) mass is 555 g/mol. The lowest BCUT2D eigenvalue weighted by Crippen LogP contribution is -2.44. The molecule has 3 aliphatic carbocycles. The molecule has 5 unspecified atom stereocenters. The molecule has 0 aliphatic heterocycles. The first kappa shape index (κ1) is 27.3. The van der Waals surface area contributed by atoms with E-state index in [9.17, 15) is 27.4 Å². The highest BCUT2D eigenvalue weighted by Crippen LogP contribution is 2.65. The van der Waals surface area contributed by atoms with Crippen LogP contribution in [0, 0.1) is 16.7 Å². The van der Waals surface area contributed by atoms with Crippen LogP contribution in [0.5, 0.6) is 0 Å². The van der Waals surface area contributed by atoms with Gasteiger partial charge in [0.25, 0.3) is 10.1 Å². The van der Waals surface area contributed by atoms with Crippen molar-refractivity contribution in [2.24, 2.45) is 16.7 Å². The second kappa shape index (κ2) is 10.0. The number of benzene rings is 2. The highest BCUT2D eigenvalue weighted by atomic mass is 32.2. The van der Waals surface area contributed by atoms with Gasteiger partial charge >= 0.3 is 0 Å². The van der Waals surface area contributed by atoms with Gasteiger partial charge in [0.05, 0.1) is 5.75 Å². The van der Waals surface area contributed by atoms with Gasteiger partial charge in [-0.3, -0.25) is 18.9 Å². The van der Waals surface area contributed by atoms with Crippen molar-refractivity contribution in [3.63, 3.8) is 0 Å². The summed E-state index contributed by atoms with van der Waals surface area (Å²) in [6.07, 6.45) is 5.11. The summed E-state index contributed by atoms with van der Waals surface area (Å²) in [5, 5.41) is -0.586. The molecule has 3 aliphatic rings. The smallest absolute Gasteiger partial charge is 0.265 e. The van der Waals surface area contributed by atoms with Crippen LogP contribution in [0.3, 0.4) is 0 Å². The summed E-state index contributed by atoms with van der Waals surface area (Å²) in [7, 11) is -5.25. The molecule has 5 atom stereocenters. The number of rotatable bonds is 9. The van der Waals surface area contributed by atoms with Gasteiger partial charge in [-0.05, 0) is 49.7 Å². The number of hydrogen-bond donors (Lipinski definition) is 1. The van der Waals surface area contributed by atoms with Gasteiger partial charge in [-0.25, -0.2) is 0 Å². The molecule has 0 aromatic heterocycles. The molecule has 2 aromatic rings. The number of fused-ring (bicyclic) bond motifs is 3. The quantitative estimate of drug-likeness (QED) is 0.277. The lowest BCUT2D eigenvalue weighted by Gasteiger charge is -2.34. The van der Waals surface area contributed by atoms with E-state index in [-0.39, 0.29) is 34.8 Å². The summed E-state index contributed by atoms with van der Waals surface area (Å²) in [5.74, 6) is -0.888. The second-order valence-corrected chi connectivity index (χ2v) is 15.2. The van der Waals surface area contributed by atoms with Gasteiger partial charge in [0.2, 0.25) is 11.6 Å². The number of aryl methyl sites for hydroxylation is 1. The van der Waals surface area contributed by atoms with Gasteiger partial charge in [-0.1, -0.05) is 62.4 Å². The van der Waals surface area contributed by atoms with Crippen molar-refractivity contribution in [1.29, 1.82) is 0 Å². The largest absolute Gasteiger partial charge is 0.293 e. The van der Waals surface area contributed by atoms with Gasteiger partial charge in [-0.2, -0.15) is 8.42 Å². The van der Waals surface area contributed by atoms with E-state index in [1.54, 1.807) is 38.1 Å². The molecule has 0 amide bonds. The van der Waals surface area contributed by atoms with Crippen LogP contribution in [0.25, 0.3) is 0 Å². The molecule has 1 N–H and O–H groups in total. The van der Waals surface area contributed by atoms with Gasteiger partial charge in [0.1, 0.15) is 0 Å². The third-order valence-corrected chi connectivity index (χ3v) is 13.0. The summed E-state index contributed by atoms with van der Waals surface area (Å²) in [6.45, 7) is 3.59. The number of carbonyl (C=O) groups excluding carboxylic acids is 3. The number of Topliss-reactive ketones (excluding diaryl/α,β-unsaturated/α-hetero) is 3. The number of ketones is 3. The molecular weight excluding hydrogens is 520 g/mol. The highest BCUT2D eigenvalue weighted by molar-refractivity contribution is 7.99. The lowest BCUT2D eigenvalue weighted by atomic mass is 9.70. The zero-order chi connectivity index (χ0) is 27.3. The fourth-order valence-corrected chi connectivity index (χ4v) is 11.5. The molecule has 2 saturated carbocycles. The fraction of sp³-hybridized carbons (Fsp3) is 0.500. The van der Waals surface area contributed by atoms with Crippen LogP contribution in [0.2, 0.25) is 0 Å². The molecule has 0 spiro atoms. The first-order chi connectivity index (χ1) is 17.9. The summed E-state index contributed by atoms with van der Waals surface area (Å²) in [6, 6.07) is 14.7. The molecule has 2 bridgehead atoms. The number of carbonyl (C=O) groups is 3. The lowest BCUT2D eigenvalue weighted by molar-refractivity contribution is -0.127. The molecule has 202 valence electrons. The van der Waals surface area contributed by atoms with Crippen LogP contribution in [-0.2, 0) is 38.6 Å². The van der Waals surface area contributed by atoms with Crippen LogP contribution in [0.4, 0.5) is 0 Å². The van der Waals surface area contributed by atoms with E-state index in [1.807, 2.05) is 18.2 Å². The van der Waals surface area contributed by atoms with Gasteiger partial charge in [0.15, 0.2) is 22.5 Å². The van der Waals surface area contributed by atoms with Crippen LogP contribution in [0.1, 0.15) is 71.4 Å². The highest BCUT2D eigenvalue weighted by Gasteiger charge is 2.73. The van der Waals surface area contributed by atoms with Gasteiger partial charge < -0.3 is 0 Å². The molecule has 6 nitrogen and oxygen atoms in total. The van der Waals surface area contributed by atoms with E-state index >= 15 is 0 Å². The summed E-state index contributed by atoms with van der Waals surface area (Å²) in [5.41, 5.74) is 1.65. The summed E-state index contributed by atoms with van der Waals surface area (Å²) in [4.78, 5) is 41.2. The second-order valence-electron chi connectivity index (χ2n) is 11.6. The maximum Gasteiger partial charge on any atom is 0.265 e. The number of hydrogen-bond acceptors (Lipinski definition) is 5. The summed E-state index contributed by atoms with van der Waals surface area (Å²) >= 11 is 0. The Hall–Kier alpha value is -2.29. The van der Waals surface area contributed by atoms with Gasteiger partial charge in [-0.15, -0.1) is 0 Å². The maximum atomic E-state index is 14.0. The third kappa shape index (κ3) is 4.69. The molecule has 2 fully saturated rings. The minimum Gasteiger partial charge on any atom is -0.293 e. The SMILES string of the molecule is CC12CCC(C([S+](CC(=O)c3ccccc3)CC(=O)c3cccc4c3CCCC4)C1=O)C2(C)CS(=O)(=O)O. The molecular formula is C30H35O6S2+. The van der Waals surface area contributed by atoms with E-state index < -0.39 is 42.8 Å². The van der Waals surface area contributed by atoms with E-state index in [1.165, 1.54) is 5.56 Å². The van der Waals surface area contributed by atoms with E-state index in [2.05, 4.69) is 6.07 Å². The molecule has 0 radical (unpaired) electrons. The van der Waals surface area contributed by atoms with Crippen LogP contribution < -0.4 is 0 Å². The Morgan fingerprint density at radius 1 is 0.974 bits per heavy atom. The van der Waals surface area contributed by atoms with Crippen molar-refractivity contribution in [1.82, 2.24) is 0 Å².